The summed E-state index contributed by atoms with van der Waals surface area (Å²) in [6, 6.07) is 8.28. The Morgan fingerprint density at radius 1 is 1.47 bits per heavy atom. The van der Waals surface area contributed by atoms with E-state index in [-0.39, 0.29) is 11.9 Å². The van der Waals surface area contributed by atoms with Crippen LogP contribution in [-0.4, -0.2) is 23.0 Å². The number of hydrogen-bond donors (Lipinski definition) is 1. The lowest BCUT2D eigenvalue weighted by atomic mass is 9.77. The Morgan fingerprint density at radius 2 is 2.29 bits per heavy atom. The SMILES string of the molecule is COC(=O)c1cnc(C2Cc3ccccc32)[nH]1. The summed E-state index contributed by atoms with van der Waals surface area (Å²) in [5.74, 6) is 0.741. The van der Waals surface area contributed by atoms with Crippen LogP contribution in [0.3, 0.4) is 0 Å². The van der Waals surface area contributed by atoms with E-state index in [9.17, 15) is 4.79 Å². The Hall–Kier alpha value is -2.10. The Morgan fingerprint density at radius 3 is 3.06 bits per heavy atom. The first-order valence-corrected chi connectivity index (χ1v) is 5.50. The first-order valence-electron chi connectivity index (χ1n) is 5.50. The van der Waals surface area contributed by atoms with Gasteiger partial charge in [0.05, 0.1) is 13.3 Å². The number of nitrogens with one attached hydrogen (secondary N) is 1. The second-order valence-corrected chi connectivity index (χ2v) is 4.13. The quantitative estimate of drug-likeness (QED) is 0.798. The number of aromatic amines is 1. The first kappa shape index (κ1) is 10.1. The van der Waals surface area contributed by atoms with Crippen molar-refractivity contribution in [1.29, 1.82) is 0 Å². The second kappa shape index (κ2) is 3.73. The molecule has 86 valence electrons. The number of carbonyl (C=O) groups is 1. The number of esters is 1. The van der Waals surface area contributed by atoms with Crippen LogP contribution in [0.4, 0.5) is 0 Å². The minimum Gasteiger partial charge on any atom is -0.464 e. The number of aromatic nitrogens is 2. The molecule has 4 heteroatoms. The van der Waals surface area contributed by atoms with Gasteiger partial charge in [0, 0.05) is 5.92 Å². The Balaban J connectivity index is 1.88. The van der Waals surface area contributed by atoms with Gasteiger partial charge in [-0.15, -0.1) is 0 Å². The van der Waals surface area contributed by atoms with Gasteiger partial charge in [0.15, 0.2) is 0 Å². The third kappa shape index (κ3) is 1.53. The summed E-state index contributed by atoms with van der Waals surface area (Å²) in [4.78, 5) is 18.6. The molecule has 1 unspecified atom stereocenters. The zero-order valence-corrected chi connectivity index (χ0v) is 9.43. The van der Waals surface area contributed by atoms with E-state index >= 15 is 0 Å². The third-order valence-corrected chi connectivity index (χ3v) is 3.19. The first-order chi connectivity index (χ1) is 8.29. The van der Waals surface area contributed by atoms with E-state index in [4.69, 9.17) is 0 Å². The van der Waals surface area contributed by atoms with Crippen LogP contribution in [0.25, 0.3) is 0 Å². The fourth-order valence-corrected chi connectivity index (χ4v) is 2.23. The van der Waals surface area contributed by atoms with E-state index in [1.165, 1.54) is 24.4 Å². The number of benzene rings is 1. The molecule has 1 aliphatic rings. The van der Waals surface area contributed by atoms with Crippen LogP contribution in [0, 0.1) is 0 Å². The fraction of sp³-hybridized carbons (Fsp3) is 0.231. The zero-order valence-electron chi connectivity index (χ0n) is 9.43. The number of fused-ring (bicyclic) bond motifs is 1. The van der Waals surface area contributed by atoms with Crippen LogP contribution in [0.15, 0.2) is 30.5 Å². The van der Waals surface area contributed by atoms with E-state index in [0.29, 0.717) is 5.69 Å². The van der Waals surface area contributed by atoms with Crippen LogP contribution in [0.2, 0.25) is 0 Å². The van der Waals surface area contributed by atoms with E-state index in [1.807, 2.05) is 12.1 Å². The molecule has 3 rings (SSSR count). The maximum Gasteiger partial charge on any atom is 0.356 e. The summed E-state index contributed by atoms with van der Waals surface area (Å²) in [5.41, 5.74) is 3.05. The maximum absolute atomic E-state index is 11.3. The number of methoxy groups -OCH3 is 1. The summed E-state index contributed by atoms with van der Waals surface area (Å²) in [6.45, 7) is 0. The molecule has 0 spiro atoms. The van der Waals surface area contributed by atoms with Crippen molar-refractivity contribution in [2.24, 2.45) is 0 Å². The minimum atomic E-state index is -0.378. The van der Waals surface area contributed by atoms with Crippen molar-refractivity contribution in [1.82, 2.24) is 9.97 Å². The molecule has 0 aliphatic heterocycles. The molecule has 1 heterocycles. The predicted octanol–water partition coefficient (Wildman–Crippen LogP) is 1.88. The smallest absolute Gasteiger partial charge is 0.356 e. The highest BCUT2D eigenvalue weighted by Crippen LogP contribution is 2.38. The summed E-state index contributed by atoms with van der Waals surface area (Å²) in [5, 5.41) is 0. The summed E-state index contributed by atoms with van der Waals surface area (Å²) >= 11 is 0. The highest BCUT2D eigenvalue weighted by molar-refractivity contribution is 5.86. The molecule has 0 bridgehead atoms. The lowest BCUT2D eigenvalue weighted by Crippen LogP contribution is -2.19. The molecule has 1 aliphatic carbocycles. The molecule has 2 aromatic rings. The van der Waals surface area contributed by atoms with Crippen molar-refractivity contribution in [3.63, 3.8) is 0 Å². The Labute approximate surface area is 98.6 Å². The number of hydrogen-bond acceptors (Lipinski definition) is 3. The molecule has 0 saturated heterocycles. The van der Waals surface area contributed by atoms with Gasteiger partial charge < -0.3 is 9.72 Å². The van der Waals surface area contributed by atoms with Crippen molar-refractivity contribution in [2.75, 3.05) is 7.11 Å². The third-order valence-electron chi connectivity index (χ3n) is 3.19. The lowest BCUT2D eigenvalue weighted by Gasteiger charge is -2.28. The van der Waals surface area contributed by atoms with E-state index < -0.39 is 0 Å². The molecule has 1 aromatic heterocycles. The van der Waals surface area contributed by atoms with Crippen molar-refractivity contribution >= 4 is 5.97 Å². The Kier molecular flexibility index (Phi) is 2.21. The standard InChI is InChI=1S/C13H12N2O2/c1-17-13(16)11-7-14-12(15-11)10-6-8-4-2-3-5-9(8)10/h2-5,7,10H,6H2,1H3,(H,14,15). The lowest BCUT2D eigenvalue weighted by molar-refractivity contribution is 0.0594. The number of H-pyrrole nitrogens is 1. The van der Waals surface area contributed by atoms with Crippen LogP contribution in [0.1, 0.15) is 33.4 Å². The normalized spacial score (nSPS) is 17.1. The zero-order chi connectivity index (χ0) is 11.8. The average molecular weight is 228 g/mol. The molecular weight excluding hydrogens is 216 g/mol. The average Bonchev–Trinajstić information content (AvgIpc) is 2.79. The number of ether oxygens (including phenoxy) is 1. The summed E-state index contributed by atoms with van der Waals surface area (Å²) in [6.07, 6.45) is 2.51. The largest absolute Gasteiger partial charge is 0.464 e. The minimum absolute atomic E-state index is 0.282. The summed E-state index contributed by atoms with van der Waals surface area (Å²) < 4.78 is 4.64. The second-order valence-electron chi connectivity index (χ2n) is 4.13. The van der Waals surface area contributed by atoms with Gasteiger partial charge in [0.25, 0.3) is 0 Å². The monoisotopic (exact) mass is 228 g/mol. The van der Waals surface area contributed by atoms with Crippen molar-refractivity contribution in [2.45, 2.75) is 12.3 Å². The molecular formula is C13H12N2O2. The van der Waals surface area contributed by atoms with Crippen molar-refractivity contribution in [3.8, 4) is 0 Å². The van der Waals surface area contributed by atoms with Gasteiger partial charge in [-0.1, -0.05) is 24.3 Å². The van der Waals surface area contributed by atoms with Crippen LogP contribution in [-0.2, 0) is 11.2 Å². The molecule has 0 radical (unpaired) electrons. The van der Waals surface area contributed by atoms with E-state index in [0.717, 1.165) is 12.2 Å². The highest BCUT2D eigenvalue weighted by Gasteiger charge is 2.29. The number of nitrogens with zero attached hydrogens (tertiary/aromatic N) is 1. The molecule has 17 heavy (non-hydrogen) atoms. The van der Waals surface area contributed by atoms with E-state index in [2.05, 4.69) is 26.8 Å². The molecule has 0 saturated carbocycles. The molecule has 1 aromatic carbocycles. The molecule has 0 fully saturated rings. The van der Waals surface area contributed by atoms with Crippen LogP contribution in [0.5, 0.6) is 0 Å². The number of imidazole rings is 1. The van der Waals surface area contributed by atoms with Gasteiger partial charge in [-0.05, 0) is 17.5 Å². The number of rotatable bonds is 2. The van der Waals surface area contributed by atoms with Gasteiger partial charge >= 0.3 is 5.97 Å². The van der Waals surface area contributed by atoms with Crippen LogP contribution >= 0.6 is 0 Å². The van der Waals surface area contributed by atoms with Gasteiger partial charge in [0.1, 0.15) is 11.5 Å². The van der Waals surface area contributed by atoms with Gasteiger partial charge in [-0.2, -0.15) is 0 Å². The molecule has 0 amide bonds. The van der Waals surface area contributed by atoms with Crippen molar-refractivity contribution < 1.29 is 9.53 Å². The van der Waals surface area contributed by atoms with Gasteiger partial charge in [-0.3, -0.25) is 0 Å². The van der Waals surface area contributed by atoms with Gasteiger partial charge in [0.2, 0.25) is 0 Å². The maximum atomic E-state index is 11.3. The number of carbonyl (C=O) groups excluding carboxylic acids is 1. The topological polar surface area (TPSA) is 55.0 Å². The fourth-order valence-electron chi connectivity index (χ4n) is 2.23. The van der Waals surface area contributed by atoms with E-state index in [1.54, 1.807) is 0 Å². The van der Waals surface area contributed by atoms with Crippen LogP contribution < -0.4 is 0 Å². The Bertz CT molecular complexity index is 574. The molecule has 1 atom stereocenters. The van der Waals surface area contributed by atoms with Crippen molar-refractivity contribution in [3.05, 3.63) is 53.1 Å². The molecule has 4 nitrogen and oxygen atoms in total. The molecule has 1 N–H and O–H groups in total. The highest BCUT2D eigenvalue weighted by atomic mass is 16.5. The van der Waals surface area contributed by atoms with Gasteiger partial charge in [-0.25, -0.2) is 9.78 Å². The summed E-state index contributed by atoms with van der Waals surface area (Å²) in [7, 11) is 1.36. The predicted molar refractivity (Wildman–Crippen MR) is 61.9 cm³/mol.